The van der Waals surface area contributed by atoms with Gasteiger partial charge in [-0.3, -0.25) is 0 Å². The van der Waals surface area contributed by atoms with Crippen LogP contribution in [-0.2, 0) is 0 Å². The maximum atomic E-state index is 5.28. The van der Waals surface area contributed by atoms with Gasteiger partial charge in [-0.25, -0.2) is 4.52 Å². The Kier molecular flexibility index (Phi) is 3.17. The zero-order chi connectivity index (χ0) is 17.0. The minimum Gasteiger partial charge on any atom is -0.497 e. The Morgan fingerprint density at radius 2 is 1.58 bits per heavy atom. The molecule has 1 aromatic carbocycles. The van der Waals surface area contributed by atoms with Gasteiger partial charge in [0.05, 0.1) is 18.3 Å². The summed E-state index contributed by atoms with van der Waals surface area (Å²) >= 11 is 0. The van der Waals surface area contributed by atoms with Crippen molar-refractivity contribution in [2.45, 2.75) is 27.7 Å². The highest BCUT2D eigenvalue weighted by Crippen LogP contribution is 2.34. The first-order valence-corrected chi connectivity index (χ1v) is 8.13. The normalized spacial score (nSPS) is 11.5. The molecule has 0 N–H and O–H groups in total. The molecule has 0 aliphatic heterocycles. The SMILES string of the molecule is COc1ccc(-n2c(C)c3c(C)nn4cc(C)cc4c3c2C)cc1. The minimum atomic E-state index is 0.869. The molecular formula is C20H21N3O. The molecule has 4 rings (SSSR count). The van der Waals surface area contributed by atoms with Crippen molar-refractivity contribution < 1.29 is 4.74 Å². The topological polar surface area (TPSA) is 31.5 Å². The summed E-state index contributed by atoms with van der Waals surface area (Å²) in [7, 11) is 1.69. The van der Waals surface area contributed by atoms with Gasteiger partial charge in [-0.05, 0) is 63.6 Å². The van der Waals surface area contributed by atoms with Gasteiger partial charge < -0.3 is 9.30 Å². The van der Waals surface area contributed by atoms with Crippen LogP contribution in [0.1, 0.15) is 22.6 Å². The van der Waals surface area contributed by atoms with E-state index >= 15 is 0 Å². The van der Waals surface area contributed by atoms with Crippen molar-refractivity contribution in [1.82, 2.24) is 14.2 Å². The molecule has 0 fully saturated rings. The number of methoxy groups -OCH3 is 1. The molecule has 0 aliphatic rings. The van der Waals surface area contributed by atoms with Crippen molar-refractivity contribution in [1.29, 1.82) is 0 Å². The Morgan fingerprint density at radius 1 is 0.917 bits per heavy atom. The predicted molar refractivity (Wildman–Crippen MR) is 97.5 cm³/mol. The molecule has 0 amide bonds. The van der Waals surface area contributed by atoms with E-state index in [1.807, 2.05) is 16.6 Å². The number of nitrogens with zero attached hydrogens (tertiary/aromatic N) is 3. The third-order valence-electron chi connectivity index (χ3n) is 4.79. The van der Waals surface area contributed by atoms with Gasteiger partial charge in [-0.1, -0.05) is 0 Å². The van der Waals surface area contributed by atoms with Crippen LogP contribution in [0.15, 0.2) is 36.5 Å². The second kappa shape index (κ2) is 5.13. The number of ether oxygens (including phenoxy) is 1. The van der Waals surface area contributed by atoms with Crippen molar-refractivity contribution in [3.05, 3.63) is 59.2 Å². The summed E-state index contributed by atoms with van der Waals surface area (Å²) in [6.45, 7) is 8.54. The van der Waals surface area contributed by atoms with Crippen LogP contribution in [0, 0.1) is 27.7 Å². The van der Waals surface area contributed by atoms with Crippen molar-refractivity contribution in [2.75, 3.05) is 7.11 Å². The second-order valence-electron chi connectivity index (χ2n) is 6.39. The molecule has 0 saturated carbocycles. The lowest BCUT2D eigenvalue weighted by molar-refractivity contribution is 0.414. The van der Waals surface area contributed by atoms with E-state index in [1.165, 1.54) is 33.2 Å². The molecule has 122 valence electrons. The van der Waals surface area contributed by atoms with Crippen LogP contribution in [0.3, 0.4) is 0 Å². The Morgan fingerprint density at radius 3 is 2.25 bits per heavy atom. The summed E-state index contributed by atoms with van der Waals surface area (Å²) in [6, 6.07) is 10.4. The average Bonchev–Trinajstić information content (AvgIpc) is 3.05. The Balaban J connectivity index is 2.09. The van der Waals surface area contributed by atoms with E-state index in [-0.39, 0.29) is 0 Å². The largest absolute Gasteiger partial charge is 0.497 e. The van der Waals surface area contributed by atoms with Gasteiger partial charge >= 0.3 is 0 Å². The third kappa shape index (κ3) is 1.96. The van der Waals surface area contributed by atoms with Gasteiger partial charge in [-0.2, -0.15) is 5.10 Å². The van der Waals surface area contributed by atoms with E-state index in [4.69, 9.17) is 9.84 Å². The highest BCUT2D eigenvalue weighted by atomic mass is 16.5. The molecule has 0 saturated heterocycles. The lowest BCUT2D eigenvalue weighted by Gasteiger charge is -2.10. The number of benzene rings is 1. The van der Waals surface area contributed by atoms with Gasteiger partial charge in [0.25, 0.3) is 0 Å². The molecule has 0 aliphatic carbocycles. The standard InChI is InChI=1S/C20H21N3O/c1-12-10-18-20-15(4)23(16-6-8-17(24-5)9-7-16)14(3)19(20)13(2)21-22(18)11-12/h6-11H,1-5H3. The molecule has 4 heteroatoms. The van der Waals surface area contributed by atoms with Crippen LogP contribution >= 0.6 is 0 Å². The molecule has 0 unspecified atom stereocenters. The van der Waals surface area contributed by atoms with Gasteiger partial charge in [0.1, 0.15) is 5.75 Å². The number of aryl methyl sites for hydroxylation is 4. The van der Waals surface area contributed by atoms with Gasteiger partial charge in [0, 0.05) is 34.0 Å². The fourth-order valence-electron chi connectivity index (χ4n) is 3.77. The lowest BCUT2D eigenvalue weighted by Crippen LogP contribution is -1.98. The molecule has 0 bridgehead atoms. The Bertz CT molecular complexity index is 1070. The van der Waals surface area contributed by atoms with Crippen molar-refractivity contribution in [3.63, 3.8) is 0 Å². The molecule has 3 heterocycles. The number of fused-ring (bicyclic) bond motifs is 3. The van der Waals surface area contributed by atoms with Crippen molar-refractivity contribution in [2.24, 2.45) is 0 Å². The number of rotatable bonds is 2. The van der Waals surface area contributed by atoms with Gasteiger partial charge in [-0.15, -0.1) is 0 Å². The predicted octanol–water partition coefficient (Wildman–Crippen LogP) is 4.52. The zero-order valence-electron chi connectivity index (χ0n) is 14.7. The van der Waals surface area contributed by atoms with Crippen LogP contribution in [0.4, 0.5) is 0 Å². The quantitative estimate of drug-likeness (QED) is 0.544. The zero-order valence-corrected chi connectivity index (χ0v) is 14.7. The van der Waals surface area contributed by atoms with Crippen LogP contribution in [-0.4, -0.2) is 21.3 Å². The maximum Gasteiger partial charge on any atom is 0.119 e. The lowest BCUT2D eigenvalue weighted by atomic mass is 10.1. The Hall–Kier alpha value is -2.75. The van der Waals surface area contributed by atoms with E-state index in [0.717, 1.165) is 17.1 Å². The van der Waals surface area contributed by atoms with Crippen LogP contribution in [0.2, 0.25) is 0 Å². The van der Waals surface area contributed by atoms with Gasteiger partial charge in [0.15, 0.2) is 0 Å². The fourth-order valence-corrected chi connectivity index (χ4v) is 3.77. The smallest absolute Gasteiger partial charge is 0.119 e. The average molecular weight is 319 g/mol. The highest BCUT2D eigenvalue weighted by Gasteiger charge is 2.18. The summed E-state index contributed by atoms with van der Waals surface area (Å²) < 4.78 is 9.59. The first-order valence-electron chi connectivity index (χ1n) is 8.13. The summed E-state index contributed by atoms with van der Waals surface area (Å²) in [4.78, 5) is 0. The highest BCUT2D eigenvalue weighted by molar-refractivity contribution is 6.02. The van der Waals surface area contributed by atoms with E-state index in [9.17, 15) is 0 Å². The summed E-state index contributed by atoms with van der Waals surface area (Å²) in [6.07, 6.45) is 2.08. The first-order chi connectivity index (χ1) is 11.5. The number of hydrogen-bond donors (Lipinski definition) is 0. The third-order valence-corrected chi connectivity index (χ3v) is 4.79. The van der Waals surface area contributed by atoms with E-state index in [2.05, 4.69) is 56.7 Å². The molecule has 3 aromatic heterocycles. The molecule has 0 radical (unpaired) electrons. The van der Waals surface area contributed by atoms with Crippen LogP contribution in [0.5, 0.6) is 5.75 Å². The van der Waals surface area contributed by atoms with Gasteiger partial charge in [0.2, 0.25) is 0 Å². The first kappa shape index (κ1) is 14.8. The fraction of sp³-hybridized carbons (Fsp3) is 0.250. The van der Waals surface area contributed by atoms with E-state index < -0.39 is 0 Å². The molecule has 4 aromatic rings. The van der Waals surface area contributed by atoms with Crippen LogP contribution < -0.4 is 4.74 Å². The molecule has 24 heavy (non-hydrogen) atoms. The summed E-state index contributed by atoms with van der Waals surface area (Å²) in [5, 5.41) is 7.27. The minimum absolute atomic E-state index is 0.869. The maximum absolute atomic E-state index is 5.28. The molecule has 4 nitrogen and oxygen atoms in total. The Labute approximate surface area is 141 Å². The van der Waals surface area contributed by atoms with E-state index in [1.54, 1.807) is 7.11 Å². The number of hydrogen-bond acceptors (Lipinski definition) is 2. The monoisotopic (exact) mass is 319 g/mol. The van der Waals surface area contributed by atoms with Crippen LogP contribution in [0.25, 0.3) is 22.0 Å². The van der Waals surface area contributed by atoms with E-state index in [0.29, 0.717) is 0 Å². The molecule has 0 spiro atoms. The van der Waals surface area contributed by atoms with Crippen molar-refractivity contribution in [3.8, 4) is 11.4 Å². The number of aromatic nitrogens is 3. The second-order valence-corrected chi connectivity index (χ2v) is 6.39. The summed E-state index contributed by atoms with van der Waals surface area (Å²) in [5.41, 5.74) is 7.05. The molecular weight excluding hydrogens is 298 g/mol. The summed E-state index contributed by atoms with van der Waals surface area (Å²) in [5.74, 6) is 0.869. The van der Waals surface area contributed by atoms with Crippen molar-refractivity contribution >= 4 is 16.3 Å². The molecule has 0 atom stereocenters.